The summed E-state index contributed by atoms with van der Waals surface area (Å²) < 4.78 is 1.39. The van der Waals surface area contributed by atoms with Gasteiger partial charge in [0.2, 0.25) is 0 Å². The van der Waals surface area contributed by atoms with Crippen molar-refractivity contribution in [2.24, 2.45) is 5.22 Å². The van der Waals surface area contributed by atoms with Gasteiger partial charge in [0, 0.05) is 22.6 Å². The van der Waals surface area contributed by atoms with Crippen LogP contribution in [0.25, 0.3) is 0 Å². The molecule has 0 aliphatic carbocycles. The van der Waals surface area contributed by atoms with Crippen molar-refractivity contribution in [3.63, 3.8) is 0 Å². The van der Waals surface area contributed by atoms with E-state index in [1.54, 1.807) is 42.5 Å². The molecule has 0 radical (unpaired) electrons. The van der Waals surface area contributed by atoms with Crippen LogP contribution in [-0.4, -0.2) is 28.6 Å². The van der Waals surface area contributed by atoms with Gasteiger partial charge in [-0.2, -0.15) is 18.2 Å². The van der Waals surface area contributed by atoms with E-state index in [2.05, 4.69) is 21.9 Å². The summed E-state index contributed by atoms with van der Waals surface area (Å²) in [6.45, 7) is 7.95. The Morgan fingerprint density at radius 2 is 1.78 bits per heavy atom. The summed E-state index contributed by atoms with van der Waals surface area (Å²) in [5.41, 5.74) is 4.48. The molecule has 1 aliphatic rings. The van der Waals surface area contributed by atoms with Crippen molar-refractivity contribution in [1.29, 1.82) is 0 Å². The number of urea groups is 1. The van der Waals surface area contributed by atoms with Crippen LogP contribution in [0.1, 0.15) is 57.7 Å². The predicted molar refractivity (Wildman–Crippen MR) is 137 cm³/mol. The number of nitrogens with one attached hydrogen (secondary N) is 2. The number of hydrogen-bond donors (Lipinski definition) is 2. The standard InChI is InChI=1S/C28H29N5O3.Cf/c1-5-20(4)29-27(35)25-18(2)10-9-13-23(25)26(34)30-24-15-14-21(16-19(24)3)17-32-28(36)33(31-32)22-11-7-6-8-12-22;/h7-16,20H,5,17H2,1-4H3,(H,29,35)(H,30,34);. The van der Waals surface area contributed by atoms with Crippen molar-refractivity contribution in [3.8, 4) is 0 Å². The van der Waals surface area contributed by atoms with E-state index in [0.29, 0.717) is 29.0 Å². The number of carbonyl (C=O) groups is 3. The fourth-order valence-corrected chi connectivity index (χ4v) is 3.92. The van der Waals surface area contributed by atoms with E-state index in [1.807, 2.05) is 45.9 Å². The molecule has 3 aromatic rings. The summed E-state index contributed by atoms with van der Waals surface area (Å²) in [7, 11) is 0. The molecule has 4 rings (SSSR count). The van der Waals surface area contributed by atoms with Crippen molar-refractivity contribution < 1.29 is 19.1 Å². The molecule has 2 N–H and O–H groups in total. The zero-order valence-electron chi connectivity index (χ0n) is 21.1. The molecule has 1 atom stereocenters. The SMILES string of the molecule is CCC(C)NC(=O)c1c(C)cccc1C(=O)Nc1ccc(C[N+]2=NN(c3cc[c-]cc3)C2=O)cc1C.[Cf]. The summed E-state index contributed by atoms with van der Waals surface area (Å²) in [5.74, 6) is -0.613. The molecule has 3 aromatic carbocycles. The Kier molecular flexibility index (Phi) is 7.77. The van der Waals surface area contributed by atoms with Crippen molar-refractivity contribution >= 4 is 29.2 Å². The van der Waals surface area contributed by atoms with Gasteiger partial charge in [0.05, 0.1) is 11.1 Å². The predicted octanol–water partition coefficient (Wildman–Crippen LogP) is 5.40. The van der Waals surface area contributed by atoms with Crippen LogP contribution in [0.2, 0.25) is 0 Å². The number of hydrogen-bond acceptors (Lipinski definition) is 4. The summed E-state index contributed by atoms with van der Waals surface area (Å²) in [6.07, 6.45) is 0.796. The Morgan fingerprint density at radius 1 is 1.05 bits per heavy atom. The Hall–Kier alpha value is -5.33. The van der Waals surface area contributed by atoms with Crippen LogP contribution in [-0.2, 0) is 6.54 Å². The van der Waals surface area contributed by atoms with E-state index in [9.17, 15) is 14.4 Å². The number of benzene rings is 3. The Bertz CT molecular complexity index is 1360. The Labute approximate surface area is 210 Å². The molecule has 0 aromatic heterocycles. The molecule has 1 unspecified atom stereocenters. The maximum Gasteiger partial charge on any atom is 0.486 e. The first-order valence-electron chi connectivity index (χ1n) is 11.9. The quantitative estimate of drug-likeness (QED) is 0.240. The Balaban J connectivity index is 0.00000380. The van der Waals surface area contributed by atoms with Crippen molar-refractivity contribution in [3.05, 3.63) is 94.5 Å². The summed E-state index contributed by atoms with van der Waals surface area (Å²) in [5, 5.41) is 11.5. The van der Waals surface area contributed by atoms with Crippen LogP contribution >= 0.6 is 0 Å². The third kappa shape index (κ3) is 5.51. The number of aryl methyl sites for hydroxylation is 2. The molecular formula is C28H29CfN5O3. The second kappa shape index (κ2) is 10.9. The summed E-state index contributed by atoms with van der Waals surface area (Å²) >= 11 is 0. The maximum absolute atomic E-state index is 13.2. The monoisotopic (exact) mass is 732 g/mol. The molecule has 37 heavy (non-hydrogen) atoms. The van der Waals surface area contributed by atoms with Crippen LogP contribution in [0.5, 0.6) is 0 Å². The van der Waals surface area contributed by atoms with Crippen LogP contribution in [0.15, 0.2) is 65.9 Å². The molecule has 0 saturated heterocycles. The van der Waals surface area contributed by atoms with Crippen LogP contribution in [0.4, 0.5) is 16.2 Å². The van der Waals surface area contributed by atoms with E-state index in [-0.39, 0.29) is 23.9 Å². The normalized spacial score (nSPS) is 13.1. The molecule has 9 heteroatoms. The van der Waals surface area contributed by atoms with Crippen molar-refractivity contribution in [1.82, 2.24) is 5.32 Å². The smallest absolute Gasteiger partial charge is 0.350 e. The van der Waals surface area contributed by atoms with E-state index >= 15 is 0 Å². The number of anilines is 2. The summed E-state index contributed by atoms with van der Waals surface area (Å²) in [4.78, 5) is 38.5. The van der Waals surface area contributed by atoms with Crippen molar-refractivity contribution in [2.75, 3.05) is 10.3 Å². The molecule has 0 fully saturated rings. The van der Waals surface area contributed by atoms with Gasteiger partial charge in [-0.1, -0.05) is 40.9 Å². The molecule has 8 nitrogen and oxygen atoms in total. The molecular weight excluding hydrogens is 705 g/mol. The summed E-state index contributed by atoms with van der Waals surface area (Å²) in [6, 6.07) is 20.5. The fourth-order valence-electron chi connectivity index (χ4n) is 3.92. The molecule has 4 amide bonds. The van der Waals surface area contributed by atoms with E-state index in [4.69, 9.17) is 0 Å². The van der Waals surface area contributed by atoms with Gasteiger partial charge in [0.1, 0.15) is 6.54 Å². The first-order valence-corrected chi connectivity index (χ1v) is 11.9. The van der Waals surface area contributed by atoms with Gasteiger partial charge in [0.15, 0.2) is 0 Å². The van der Waals surface area contributed by atoms with Crippen molar-refractivity contribution in [2.45, 2.75) is 46.7 Å². The van der Waals surface area contributed by atoms with E-state index < -0.39 is 0 Å². The van der Waals surface area contributed by atoms with Gasteiger partial charge in [0.25, 0.3) is 11.8 Å². The van der Waals surface area contributed by atoms with Gasteiger partial charge < -0.3 is 10.6 Å². The van der Waals surface area contributed by atoms with Gasteiger partial charge in [-0.05, 0) is 56.0 Å². The third-order valence-electron chi connectivity index (χ3n) is 6.15. The number of rotatable bonds is 8. The second-order valence-electron chi connectivity index (χ2n) is 8.88. The molecule has 1 heterocycles. The number of carbonyl (C=O) groups excluding carboxylic acids is 3. The van der Waals surface area contributed by atoms with Gasteiger partial charge in [-0.15, -0.1) is 12.1 Å². The largest absolute Gasteiger partial charge is 0.486 e. The Morgan fingerprint density at radius 3 is 2.43 bits per heavy atom. The molecule has 1 aliphatic heterocycles. The average molecular weight is 735 g/mol. The third-order valence-corrected chi connectivity index (χ3v) is 6.15. The zero-order chi connectivity index (χ0) is 25.8. The van der Waals surface area contributed by atoms with Crippen LogP contribution in [0.3, 0.4) is 0 Å². The number of nitrogens with zero attached hydrogens (tertiary/aromatic N) is 3. The first kappa shape index (κ1) is 26.3. The maximum atomic E-state index is 13.2. The van der Waals surface area contributed by atoms with E-state index in [0.717, 1.165) is 23.1 Å². The van der Waals surface area contributed by atoms with Gasteiger partial charge in [-0.3, -0.25) is 9.59 Å². The minimum atomic E-state index is -0.354. The van der Waals surface area contributed by atoms with E-state index in [1.165, 1.54) is 9.71 Å². The molecule has 0 bridgehead atoms. The van der Waals surface area contributed by atoms with Crippen LogP contribution in [0, 0.1) is 19.9 Å². The molecule has 194 valence electrons. The first-order chi connectivity index (χ1) is 17.3. The second-order valence-corrected chi connectivity index (χ2v) is 8.88. The zero-order valence-corrected chi connectivity index (χ0v) is 23.8. The van der Waals surface area contributed by atoms with Gasteiger partial charge >= 0.3 is 6.03 Å². The fraction of sp³-hybridized carbons (Fsp3) is 0.250. The average Bonchev–Trinajstić information content (AvgIpc) is 2.87. The number of amides is 4. The topological polar surface area (TPSA) is 93.9 Å². The van der Waals surface area contributed by atoms with Gasteiger partial charge in [-0.25, -0.2) is 4.79 Å². The van der Waals surface area contributed by atoms with Crippen LogP contribution < -0.4 is 15.6 Å². The molecule has 0 saturated carbocycles. The molecule has 0 spiro atoms. The minimum absolute atomic E-state index is 0. The minimum Gasteiger partial charge on any atom is -0.350 e.